The van der Waals surface area contributed by atoms with E-state index in [2.05, 4.69) is 16.3 Å². The van der Waals surface area contributed by atoms with Gasteiger partial charge in [-0.2, -0.15) is 5.26 Å². The summed E-state index contributed by atoms with van der Waals surface area (Å²) in [6.45, 7) is 1.85. The molecule has 18 heavy (non-hydrogen) atoms. The summed E-state index contributed by atoms with van der Waals surface area (Å²) < 4.78 is 0. The van der Waals surface area contributed by atoms with Crippen molar-refractivity contribution in [2.45, 2.75) is 18.4 Å². The van der Waals surface area contributed by atoms with Crippen molar-refractivity contribution in [2.75, 3.05) is 20.1 Å². The second kappa shape index (κ2) is 5.65. The number of amides is 1. The molecule has 0 aromatic heterocycles. The summed E-state index contributed by atoms with van der Waals surface area (Å²) in [7, 11) is 2.03. The third kappa shape index (κ3) is 2.88. The summed E-state index contributed by atoms with van der Waals surface area (Å²) in [5.74, 6) is -0.902. The molecule has 1 aliphatic heterocycles. The number of carbonyl (C=O) groups is 1. The van der Waals surface area contributed by atoms with Gasteiger partial charge in [0.2, 0.25) is 5.91 Å². The lowest BCUT2D eigenvalue weighted by Gasteiger charge is -2.15. The van der Waals surface area contributed by atoms with Crippen LogP contribution >= 0.6 is 0 Å². The molecule has 1 aliphatic rings. The van der Waals surface area contributed by atoms with Crippen LogP contribution < -0.4 is 5.32 Å². The molecule has 0 spiro atoms. The summed E-state index contributed by atoms with van der Waals surface area (Å²) in [5, 5.41) is 12.1. The molecule has 1 fully saturated rings. The maximum absolute atomic E-state index is 12.1. The maximum Gasteiger partial charge on any atom is 0.242 e. The van der Waals surface area contributed by atoms with Crippen LogP contribution in [0.25, 0.3) is 0 Å². The van der Waals surface area contributed by atoms with Crippen LogP contribution in [0.2, 0.25) is 0 Å². The Morgan fingerprint density at radius 2 is 2.22 bits per heavy atom. The molecule has 0 saturated carbocycles. The van der Waals surface area contributed by atoms with Gasteiger partial charge in [-0.15, -0.1) is 0 Å². The molecule has 0 bridgehead atoms. The zero-order valence-corrected chi connectivity index (χ0v) is 10.5. The lowest BCUT2D eigenvalue weighted by atomic mass is 9.99. The van der Waals surface area contributed by atoms with E-state index < -0.39 is 5.92 Å². The van der Waals surface area contributed by atoms with E-state index in [1.54, 1.807) is 0 Å². The van der Waals surface area contributed by atoms with Crippen LogP contribution in [0.5, 0.6) is 0 Å². The Morgan fingerprint density at radius 1 is 1.50 bits per heavy atom. The van der Waals surface area contributed by atoms with E-state index in [0.717, 1.165) is 25.1 Å². The van der Waals surface area contributed by atoms with E-state index in [1.807, 2.05) is 37.4 Å². The number of nitrogens with one attached hydrogen (secondary N) is 1. The van der Waals surface area contributed by atoms with Crippen LogP contribution in [0.1, 0.15) is 17.9 Å². The van der Waals surface area contributed by atoms with Gasteiger partial charge in [-0.3, -0.25) is 4.79 Å². The van der Waals surface area contributed by atoms with Crippen LogP contribution in [-0.2, 0) is 4.79 Å². The van der Waals surface area contributed by atoms with Gasteiger partial charge in [-0.1, -0.05) is 30.3 Å². The fourth-order valence-electron chi connectivity index (χ4n) is 2.27. The monoisotopic (exact) mass is 243 g/mol. The highest BCUT2D eigenvalue weighted by molar-refractivity contribution is 5.86. The van der Waals surface area contributed by atoms with Crippen LogP contribution in [-0.4, -0.2) is 37.0 Å². The molecule has 1 amide bonds. The number of hydrogen-bond donors (Lipinski definition) is 1. The Balaban J connectivity index is 2.01. The Hall–Kier alpha value is -1.86. The molecular formula is C14H17N3O. The fourth-order valence-corrected chi connectivity index (χ4v) is 2.27. The molecule has 2 unspecified atom stereocenters. The molecule has 1 heterocycles. The molecule has 1 N–H and O–H groups in total. The zero-order chi connectivity index (χ0) is 13.0. The molecule has 2 rings (SSSR count). The van der Waals surface area contributed by atoms with Crippen molar-refractivity contribution in [3.8, 4) is 6.07 Å². The van der Waals surface area contributed by atoms with E-state index in [0.29, 0.717) is 0 Å². The number of nitrogens with zero attached hydrogens (tertiary/aromatic N) is 2. The fraction of sp³-hybridized carbons (Fsp3) is 0.429. The van der Waals surface area contributed by atoms with Crippen molar-refractivity contribution in [1.82, 2.24) is 10.2 Å². The predicted molar refractivity (Wildman–Crippen MR) is 68.8 cm³/mol. The van der Waals surface area contributed by atoms with Gasteiger partial charge in [0, 0.05) is 12.6 Å². The van der Waals surface area contributed by atoms with Crippen molar-refractivity contribution >= 4 is 5.91 Å². The van der Waals surface area contributed by atoms with Crippen LogP contribution in [0, 0.1) is 11.3 Å². The van der Waals surface area contributed by atoms with Gasteiger partial charge in [-0.05, 0) is 25.6 Å². The first kappa shape index (κ1) is 12.6. The lowest BCUT2D eigenvalue weighted by Crippen LogP contribution is -2.39. The number of rotatable bonds is 3. The van der Waals surface area contributed by atoms with Gasteiger partial charge in [-0.25, -0.2) is 0 Å². The molecule has 94 valence electrons. The first-order valence-corrected chi connectivity index (χ1v) is 6.14. The van der Waals surface area contributed by atoms with Gasteiger partial charge < -0.3 is 10.2 Å². The minimum Gasteiger partial charge on any atom is -0.351 e. The average Bonchev–Trinajstić information content (AvgIpc) is 2.77. The van der Waals surface area contributed by atoms with Crippen molar-refractivity contribution in [3.05, 3.63) is 35.9 Å². The van der Waals surface area contributed by atoms with Crippen molar-refractivity contribution < 1.29 is 4.79 Å². The number of likely N-dealkylation sites (tertiary alicyclic amines) is 1. The van der Waals surface area contributed by atoms with E-state index in [4.69, 9.17) is 5.26 Å². The SMILES string of the molecule is CN1CCC(NC(=O)C(C#N)c2ccccc2)C1. The highest BCUT2D eigenvalue weighted by Crippen LogP contribution is 2.16. The number of nitriles is 1. The van der Waals surface area contributed by atoms with Gasteiger partial charge in [0.25, 0.3) is 0 Å². The summed E-state index contributed by atoms with van der Waals surface area (Å²) in [6, 6.07) is 11.4. The number of carbonyl (C=O) groups excluding carboxylic acids is 1. The van der Waals surface area contributed by atoms with E-state index in [9.17, 15) is 4.79 Å². The third-order valence-electron chi connectivity index (χ3n) is 3.26. The molecule has 0 aliphatic carbocycles. The number of likely N-dealkylation sites (N-methyl/N-ethyl adjacent to an activating group) is 1. The van der Waals surface area contributed by atoms with Gasteiger partial charge in [0.15, 0.2) is 0 Å². The molecule has 2 atom stereocenters. The minimum atomic E-state index is -0.711. The normalized spacial score (nSPS) is 21.2. The van der Waals surface area contributed by atoms with E-state index in [-0.39, 0.29) is 11.9 Å². The van der Waals surface area contributed by atoms with Crippen LogP contribution in [0.4, 0.5) is 0 Å². The lowest BCUT2D eigenvalue weighted by molar-refractivity contribution is -0.122. The van der Waals surface area contributed by atoms with Gasteiger partial charge in [0.05, 0.1) is 6.07 Å². The van der Waals surface area contributed by atoms with E-state index >= 15 is 0 Å². The predicted octanol–water partition coefficient (Wildman–Crippen LogP) is 1.11. The highest BCUT2D eigenvalue weighted by Gasteiger charge is 2.26. The van der Waals surface area contributed by atoms with Gasteiger partial charge in [0.1, 0.15) is 5.92 Å². The molecule has 4 nitrogen and oxygen atoms in total. The smallest absolute Gasteiger partial charge is 0.242 e. The van der Waals surface area contributed by atoms with Gasteiger partial charge >= 0.3 is 0 Å². The highest BCUT2D eigenvalue weighted by atomic mass is 16.1. The Kier molecular flexibility index (Phi) is 3.96. The number of benzene rings is 1. The van der Waals surface area contributed by atoms with Crippen molar-refractivity contribution in [3.63, 3.8) is 0 Å². The Labute approximate surface area is 107 Å². The second-order valence-electron chi connectivity index (χ2n) is 4.73. The van der Waals surface area contributed by atoms with Crippen LogP contribution in [0.3, 0.4) is 0 Å². The molecule has 1 saturated heterocycles. The van der Waals surface area contributed by atoms with Crippen molar-refractivity contribution in [1.29, 1.82) is 5.26 Å². The summed E-state index contributed by atoms with van der Waals surface area (Å²) in [6.07, 6.45) is 0.954. The maximum atomic E-state index is 12.1. The second-order valence-corrected chi connectivity index (χ2v) is 4.73. The Bertz CT molecular complexity index is 452. The van der Waals surface area contributed by atoms with E-state index in [1.165, 1.54) is 0 Å². The molecule has 1 aromatic carbocycles. The first-order chi connectivity index (χ1) is 8.70. The summed E-state index contributed by atoms with van der Waals surface area (Å²) in [5.41, 5.74) is 0.754. The molecule has 1 aromatic rings. The third-order valence-corrected chi connectivity index (χ3v) is 3.26. The molecule has 4 heteroatoms. The summed E-state index contributed by atoms with van der Waals surface area (Å²) >= 11 is 0. The zero-order valence-electron chi connectivity index (χ0n) is 10.5. The molecule has 0 radical (unpaired) electrons. The average molecular weight is 243 g/mol. The standard InChI is InChI=1S/C14H17N3O/c1-17-8-7-12(10-17)16-14(18)13(9-15)11-5-3-2-4-6-11/h2-6,12-13H,7-8,10H2,1H3,(H,16,18). The summed E-state index contributed by atoms with van der Waals surface area (Å²) in [4.78, 5) is 14.3. The topological polar surface area (TPSA) is 56.1 Å². The largest absolute Gasteiger partial charge is 0.351 e. The minimum absolute atomic E-state index is 0.169. The van der Waals surface area contributed by atoms with Crippen molar-refractivity contribution in [2.24, 2.45) is 0 Å². The number of hydrogen-bond acceptors (Lipinski definition) is 3. The van der Waals surface area contributed by atoms with Crippen LogP contribution in [0.15, 0.2) is 30.3 Å². The first-order valence-electron chi connectivity index (χ1n) is 6.14. The Morgan fingerprint density at radius 3 is 2.78 bits per heavy atom. The quantitative estimate of drug-likeness (QED) is 0.865. The molecular weight excluding hydrogens is 226 g/mol.